The smallest absolute Gasteiger partial charge is 0.318 e. The molecule has 1 aliphatic heterocycles. The van der Waals surface area contributed by atoms with Crippen LogP contribution in [0.2, 0.25) is 0 Å². The van der Waals surface area contributed by atoms with Gasteiger partial charge in [-0.05, 0) is 13.0 Å². The number of carbonyl (C=O) groups excluding carboxylic acids is 2. The maximum absolute atomic E-state index is 11.6. The van der Waals surface area contributed by atoms with E-state index >= 15 is 0 Å². The molecule has 1 unspecified atom stereocenters. The zero-order chi connectivity index (χ0) is 10.1. The summed E-state index contributed by atoms with van der Waals surface area (Å²) in [5, 5.41) is 3.93. The van der Waals surface area contributed by atoms with Crippen molar-refractivity contribution in [1.29, 1.82) is 0 Å². The molecule has 5 heteroatoms. The number of rotatable bonds is 2. The van der Waals surface area contributed by atoms with Gasteiger partial charge in [-0.25, -0.2) is 0 Å². The van der Waals surface area contributed by atoms with E-state index in [0.717, 1.165) is 0 Å². The quantitative estimate of drug-likeness (QED) is 0.500. The highest BCUT2D eigenvalue weighted by Gasteiger charge is 2.37. The lowest BCUT2D eigenvalue weighted by molar-refractivity contribution is -0.146. The van der Waals surface area contributed by atoms with Crippen molar-refractivity contribution < 1.29 is 14.3 Å². The van der Waals surface area contributed by atoms with Gasteiger partial charge in [-0.15, -0.1) is 0 Å². The van der Waals surface area contributed by atoms with Crippen molar-refractivity contribution >= 4 is 11.8 Å². The summed E-state index contributed by atoms with van der Waals surface area (Å²) >= 11 is 0. The van der Waals surface area contributed by atoms with Gasteiger partial charge in [0.2, 0.25) is 0 Å². The SMILES string of the molecule is CCOC(=O)C1Cn2nccc2C1=O. The maximum atomic E-state index is 11.6. The van der Waals surface area contributed by atoms with E-state index in [1.807, 2.05) is 0 Å². The molecule has 2 rings (SSSR count). The molecule has 0 amide bonds. The molecule has 0 saturated carbocycles. The van der Waals surface area contributed by atoms with Gasteiger partial charge in [-0.3, -0.25) is 14.3 Å². The average Bonchev–Trinajstić information content (AvgIpc) is 2.69. The number of hydrogen-bond acceptors (Lipinski definition) is 4. The standard InChI is InChI=1S/C9H10N2O3/c1-2-14-9(13)6-5-11-7(8(6)12)3-4-10-11/h3-4,6H,2,5H2,1H3. The number of aromatic nitrogens is 2. The minimum Gasteiger partial charge on any atom is -0.465 e. The first-order chi connectivity index (χ1) is 6.74. The Balaban J connectivity index is 2.18. The van der Waals surface area contributed by atoms with Gasteiger partial charge in [0, 0.05) is 6.20 Å². The summed E-state index contributed by atoms with van der Waals surface area (Å²) in [4.78, 5) is 23.0. The van der Waals surface area contributed by atoms with Crippen LogP contribution in [-0.4, -0.2) is 28.1 Å². The molecule has 1 atom stereocenters. The van der Waals surface area contributed by atoms with Crippen LogP contribution < -0.4 is 0 Å². The number of Topliss-reactive ketones (excluding diaryl/α,β-unsaturated/α-hetero) is 1. The molecule has 0 aromatic carbocycles. The summed E-state index contributed by atoms with van der Waals surface area (Å²) in [6, 6.07) is 1.61. The second-order valence-corrected chi connectivity index (χ2v) is 3.07. The molecule has 1 aromatic rings. The van der Waals surface area contributed by atoms with Crippen LogP contribution in [0.5, 0.6) is 0 Å². The number of hydrogen-bond donors (Lipinski definition) is 0. The monoisotopic (exact) mass is 194 g/mol. The molecule has 14 heavy (non-hydrogen) atoms. The third kappa shape index (κ3) is 1.21. The van der Waals surface area contributed by atoms with Crippen LogP contribution in [0.25, 0.3) is 0 Å². The Hall–Kier alpha value is -1.65. The second-order valence-electron chi connectivity index (χ2n) is 3.07. The molecule has 0 bridgehead atoms. The zero-order valence-corrected chi connectivity index (χ0v) is 7.77. The Kier molecular flexibility index (Phi) is 2.07. The molecule has 1 aliphatic rings. The van der Waals surface area contributed by atoms with Crippen LogP contribution in [0.3, 0.4) is 0 Å². The summed E-state index contributed by atoms with van der Waals surface area (Å²) in [7, 11) is 0. The Morgan fingerprint density at radius 2 is 2.57 bits per heavy atom. The van der Waals surface area contributed by atoms with Crippen molar-refractivity contribution in [3.8, 4) is 0 Å². The molecule has 0 radical (unpaired) electrons. The van der Waals surface area contributed by atoms with E-state index in [4.69, 9.17) is 4.74 Å². The number of nitrogens with zero attached hydrogens (tertiary/aromatic N) is 2. The van der Waals surface area contributed by atoms with E-state index < -0.39 is 11.9 Å². The van der Waals surface area contributed by atoms with Crippen molar-refractivity contribution in [3.05, 3.63) is 18.0 Å². The van der Waals surface area contributed by atoms with Gasteiger partial charge in [0.05, 0.1) is 13.2 Å². The summed E-state index contributed by atoms with van der Waals surface area (Å²) in [6.45, 7) is 2.32. The molecular weight excluding hydrogens is 184 g/mol. The minimum absolute atomic E-state index is 0.194. The molecule has 0 saturated heterocycles. The lowest BCUT2D eigenvalue weighted by Gasteiger charge is -2.05. The van der Waals surface area contributed by atoms with Gasteiger partial charge < -0.3 is 4.74 Å². The normalized spacial score (nSPS) is 19.5. The van der Waals surface area contributed by atoms with E-state index in [9.17, 15) is 9.59 Å². The van der Waals surface area contributed by atoms with E-state index in [1.54, 1.807) is 19.2 Å². The van der Waals surface area contributed by atoms with Crippen LogP contribution in [0.15, 0.2) is 12.3 Å². The molecule has 0 N–H and O–H groups in total. The number of ether oxygens (including phenoxy) is 1. The lowest BCUT2D eigenvalue weighted by atomic mass is 10.1. The second kappa shape index (κ2) is 3.25. The predicted molar refractivity (Wildman–Crippen MR) is 46.7 cm³/mol. The zero-order valence-electron chi connectivity index (χ0n) is 7.77. The van der Waals surface area contributed by atoms with Crippen LogP contribution in [0.4, 0.5) is 0 Å². The Bertz CT molecular complexity index is 383. The average molecular weight is 194 g/mol. The van der Waals surface area contributed by atoms with Crippen molar-refractivity contribution in [2.45, 2.75) is 13.5 Å². The molecule has 1 aromatic heterocycles. The van der Waals surface area contributed by atoms with Gasteiger partial charge in [-0.2, -0.15) is 5.10 Å². The highest BCUT2D eigenvalue weighted by atomic mass is 16.5. The molecule has 74 valence electrons. The van der Waals surface area contributed by atoms with Crippen molar-refractivity contribution in [3.63, 3.8) is 0 Å². The maximum Gasteiger partial charge on any atom is 0.318 e. The van der Waals surface area contributed by atoms with Crippen LogP contribution in [0.1, 0.15) is 17.4 Å². The highest BCUT2D eigenvalue weighted by molar-refractivity contribution is 6.09. The molecule has 2 heterocycles. The number of fused-ring (bicyclic) bond motifs is 1. The van der Waals surface area contributed by atoms with Gasteiger partial charge in [0.25, 0.3) is 0 Å². The summed E-state index contributed by atoms with van der Waals surface area (Å²) in [5.74, 6) is -1.34. The Labute approximate surface area is 80.7 Å². The van der Waals surface area contributed by atoms with Gasteiger partial charge in [-0.1, -0.05) is 0 Å². The van der Waals surface area contributed by atoms with Crippen molar-refractivity contribution in [2.75, 3.05) is 6.61 Å². The molecular formula is C9H10N2O3. The predicted octanol–water partition coefficient (Wildman–Crippen LogP) is 0.259. The van der Waals surface area contributed by atoms with Crippen molar-refractivity contribution in [2.24, 2.45) is 5.92 Å². The molecule has 0 aliphatic carbocycles. The van der Waals surface area contributed by atoms with E-state index in [-0.39, 0.29) is 5.78 Å². The topological polar surface area (TPSA) is 61.2 Å². The van der Waals surface area contributed by atoms with E-state index in [0.29, 0.717) is 18.8 Å². The van der Waals surface area contributed by atoms with Crippen LogP contribution >= 0.6 is 0 Å². The first kappa shape index (κ1) is 8.93. The van der Waals surface area contributed by atoms with Crippen LogP contribution in [-0.2, 0) is 16.1 Å². The lowest BCUT2D eigenvalue weighted by Crippen LogP contribution is -2.23. The number of carbonyl (C=O) groups is 2. The third-order valence-corrected chi connectivity index (χ3v) is 2.21. The fourth-order valence-electron chi connectivity index (χ4n) is 1.55. The number of ketones is 1. The summed E-state index contributed by atoms with van der Waals surface area (Å²) in [6.07, 6.45) is 1.55. The third-order valence-electron chi connectivity index (χ3n) is 2.21. The summed E-state index contributed by atoms with van der Waals surface area (Å²) < 4.78 is 6.33. The van der Waals surface area contributed by atoms with E-state index in [2.05, 4.69) is 5.10 Å². The Morgan fingerprint density at radius 1 is 1.79 bits per heavy atom. The fraction of sp³-hybridized carbons (Fsp3) is 0.444. The largest absolute Gasteiger partial charge is 0.465 e. The number of esters is 1. The minimum atomic E-state index is -0.696. The molecule has 0 fully saturated rings. The first-order valence-electron chi connectivity index (χ1n) is 4.46. The highest BCUT2D eigenvalue weighted by Crippen LogP contribution is 2.20. The first-order valence-corrected chi connectivity index (χ1v) is 4.46. The Morgan fingerprint density at radius 3 is 3.21 bits per heavy atom. The molecule has 5 nitrogen and oxygen atoms in total. The van der Waals surface area contributed by atoms with Gasteiger partial charge in [0.15, 0.2) is 5.78 Å². The molecule has 0 spiro atoms. The fourth-order valence-corrected chi connectivity index (χ4v) is 1.55. The van der Waals surface area contributed by atoms with E-state index in [1.165, 1.54) is 4.68 Å². The van der Waals surface area contributed by atoms with Crippen molar-refractivity contribution in [1.82, 2.24) is 9.78 Å². The van der Waals surface area contributed by atoms with Gasteiger partial charge >= 0.3 is 5.97 Å². The summed E-state index contributed by atoms with van der Waals surface area (Å²) in [5.41, 5.74) is 0.489. The van der Waals surface area contributed by atoms with Gasteiger partial charge in [0.1, 0.15) is 11.6 Å². The van der Waals surface area contributed by atoms with Crippen LogP contribution in [0, 0.1) is 5.92 Å².